The normalized spacial score (nSPS) is 20.0. The van der Waals surface area contributed by atoms with Gasteiger partial charge in [-0.05, 0) is 54.0 Å². The summed E-state index contributed by atoms with van der Waals surface area (Å²) in [5.41, 5.74) is 0.707. The van der Waals surface area contributed by atoms with Gasteiger partial charge in [-0.2, -0.15) is 0 Å². The van der Waals surface area contributed by atoms with Crippen molar-refractivity contribution in [1.82, 2.24) is 10.2 Å². The Hall–Kier alpha value is -0.870. The lowest BCUT2D eigenvalue weighted by atomic mass is 10.2. The molecule has 0 radical (unpaired) electrons. The fourth-order valence-corrected chi connectivity index (χ4v) is 2.96. The van der Waals surface area contributed by atoms with Gasteiger partial charge < -0.3 is 5.32 Å². The van der Waals surface area contributed by atoms with Crippen LogP contribution < -0.4 is 5.32 Å². The maximum absolute atomic E-state index is 12.1. The van der Waals surface area contributed by atoms with Gasteiger partial charge in [0.15, 0.2) is 0 Å². The molecule has 1 aromatic carbocycles. The minimum absolute atomic E-state index is 0.00503. The third-order valence-corrected chi connectivity index (χ3v) is 4.21. The number of nitrogens with zero attached hydrogens (tertiary/aromatic N) is 1. The van der Waals surface area contributed by atoms with E-state index in [9.17, 15) is 4.79 Å². The Morgan fingerprint density at radius 3 is 3.00 bits per heavy atom. The summed E-state index contributed by atoms with van der Waals surface area (Å²) in [4.78, 5) is 14.5. The second-order valence-electron chi connectivity index (χ2n) is 4.61. The first kappa shape index (κ1) is 13.6. The van der Waals surface area contributed by atoms with E-state index in [-0.39, 0.29) is 5.91 Å². The minimum Gasteiger partial charge on any atom is -0.350 e. The molecule has 0 saturated carbocycles. The number of rotatable bonds is 4. The molecule has 0 bridgehead atoms. The highest BCUT2D eigenvalue weighted by atomic mass is 79.9. The Labute approximate surface area is 117 Å². The molecule has 3 nitrogen and oxygen atoms in total. The van der Waals surface area contributed by atoms with Gasteiger partial charge >= 0.3 is 0 Å². The van der Waals surface area contributed by atoms with Crippen molar-refractivity contribution in [2.75, 3.05) is 19.6 Å². The molecule has 1 heterocycles. The summed E-state index contributed by atoms with van der Waals surface area (Å²) in [6.45, 7) is 5.14. The van der Waals surface area contributed by atoms with E-state index in [1.165, 1.54) is 12.8 Å². The van der Waals surface area contributed by atoms with Crippen LogP contribution >= 0.6 is 15.9 Å². The summed E-state index contributed by atoms with van der Waals surface area (Å²) in [6, 6.07) is 8.03. The summed E-state index contributed by atoms with van der Waals surface area (Å²) in [6.07, 6.45) is 2.42. The number of amides is 1. The molecule has 0 spiro atoms. The van der Waals surface area contributed by atoms with E-state index in [2.05, 4.69) is 33.1 Å². The van der Waals surface area contributed by atoms with E-state index in [1.54, 1.807) is 0 Å². The Bertz CT molecular complexity index is 422. The molecule has 1 fully saturated rings. The minimum atomic E-state index is 0.00503. The number of likely N-dealkylation sites (tertiary alicyclic amines) is 1. The molecule has 2 rings (SSSR count). The predicted molar refractivity (Wildman–Crippen MR) is 76.7 cm³/mol. The van der Waals surface area contributed by atoms with Crippen LogP contribution in [0, 0.1) is 0 Å². The third-order valence-electron chi connectivity index (χ3n) is 3.52. The maximum atomic E-state index is 12.1. The zero-order valence-corrected chi connectivity index (χ0v) is 12.2. The zero-order chi connectivity index (χ0) is 13.0. The zero-order valence-electron chi connectivity index (χ0n) is 10.7. The molecule has 1 unspecified atom stereocenters. The van der Waals surface area contributed by atoms with Gasteiger partial charge in [0.1, 0.15) is 0 Å². The number of likely N-dealkylation sites (N-methyl/N-ethyl adjacent to an activating group) is 1. The highest BCUT2D eigenvalue weighted by Gasteiger charge is 2.23. The summed E-state index contributed by atoms with van der Waals surface area (Å²) < 4.78 is 0.848. The van der Waals surface area contributed by atoms with Crippen LogP contribution in [0.3, 0.4) is 0 Å². The Balaban J connectivity index is 1.91. The van der Waals surface area contributed by atoms with Gasteiger partial charge in [0, 0.05) is 17.1 Å². The first-order valence-electron chi connectivity index (χ1n) is 6.49. The van der Waals surface area contributed by atoms with Crippen LogP contribution in [0.25, 0.3) is 0 Å². The number of carbonyl (C=O) groups is 1. The van der Waals surface area contributed by atoms with Gasteiger partial charge in [0.25, 0.3) is 5.91 Å². The summed E-state index contributed by atoms with van der Waals surface area (Å²) in [5, 5.41) is 3.04. The molecule has 0 aliphatic carbocycles. The lowest BCUT2D eigenvalue weighted by Gasteiger charge is -2.22. The van der Waals surface area contributed by atoms with Crippen LogP contribution in [-0.2, 0) is 0 Å². The molecule has 18 heavy (non-hydrogen) atoms. The van der Waals surface area contributed by atoms with Crippen molar-refractivity contribution < 1.29 is 4.79 Å². The number of hydrogen-bond donors (Lipinski definition) is 1. The Kier molecular flexibility index (Phi) is 4.78. The molecule has 1 atom stereocenters. The second-order valence-corrected chi connectivity index (χ2v) is 5.47. The molecular formula is C14H19BrN2O. The molecule has 1 aliphatic heterocycles. The summed E-state index contributed by atoms with van der Waals surface area (Å²) in [5.74, 6) is 0.00503. The van der Waals surface area contributed by atoms with E-state index in [0.29, 0.717) is 11.6 Å². The van der Waals surface area contributed by atoms with Crippen molar-refractivity contribution >= 4 is 21.8 Å². The average molecular weight is 311 g/mol. The highest BCUT2D eigenvalue weighted by Crippen LogP contribution is 2.17. The van der Waals surface area contributed by atoms with E-state index < -0.39 is 0 Å². The van der Waals surface area contributed by atoms with Crippen molar-refractivity contribution in [2.24, 2.45) is 0 Å². The molecule has 1 N–H and O–H groups in total. The van der Waals surface area contributed by atoms with Crippen molar-refractivity contribution in [3.63, 3.8) is 0 Å². The van der Waals surface area contributed by atoms with Crippen LogP contribution in [0.1, 0.15) is 30.1 Å². The van der Waals surface area contributed by atoms with Gasteiger partial charge in [-0.15, -0.1) is 0 Å². The topological polar surface area (TPSA) is 32.3 Å². The molecule has 98 valence electrons. The van der Waals surface area contributed by atoms with Crippen LogP contribution in [0.15, 0.2) is 28.7 Å². The lowest BCUT2D eigenvalue weighted by Crippen LogP contribution is -2.40. The van der Waals surface area contributed by atoms with Gasteiger partial charge in [-0.3, -0.25) is 9.69 Å². The van der Waals surface area contributed by atoms with Crippen molar-refractivity contribution in [2.45, 2.75) is 25.8 Å². The van der Waals surface area contributed by atoms with Crippen molar-refractivity contribution in [3.8, 4) is 0 Å². The number of benzene rings is 1. The molecule has 1 aromatic rings. The van der Waals surface area contributed by atoms with Gasteiger partial charge in [-0.1, -0.05) is 19.1 Å². The van der Waals surface area contributed by atoms with Crippen LogP contribution in [0.5, 0.6) is 0 Å². The van der Waals surface area contributed by atoms with Crippen molar-refractivity contribution in [1.29, 1.82) is 0 Å². The maximum Gasteiger partial charge on any atom is 0.252 e. The van der Waals surface area contributed by atoms with Crippen LogP contribution in [0.4, 0.5) is 0 Å². The van der Waals surface area contributed by atoms with Crippen LogP contribution in [0.2, 0.25) is 0 Å². The Morgan fingerprint density at radius 1 is 1.50 bits per heavy atom. The van der Waals surface area contributed by atoms with E-state index in [1.807, 2.05) is 24.3 Å². The first-order valence-corrected chi connectivity index (χ1v) is 7.28. The van der Waals surface area contributed by atoms with Gasteiger partial charge in [0.2, 0.25) is 0 Å². The van der Waals surface area contributed by atoms with E-state index in [4.69, 9.17) is 0 Å². The van der Waals surface area contributed by atoms with E-state index >= 15 is 0 Å². The highest BCUT2D eigenvalue weighted by molar-refractivity contribution is 9.10. The fraction of sp³-hybridized carbons (Fsp3) is 0.500. The molecule has 4 heteroatoms. The number of hydrogen-bond acceptors (Lipinski definition) is 2. The van der Waals surface area contributed by atoms with Crippen molar-refractivity contribution in [3.05, 3.63) is 34.3 Å². The molecule has 1 saturated heterocycles. The quantitative estimate of drug-likeness (QED) is 0.927. The summed E-state index contributed by atoms with van der Waals surface area (Å²) >= 11 is 3.40. The monoisotopic (exact) mass is 310 g/mol. The number of halogens is 1. The fourth-order valence-electron chi connectivity index (χ4n) is 2.49. The largest absolute Gasteiger partial charge is 0.350 e. The number of nitrogens with one attached hydrogen (secondary N) is 1. The average Bonchev–Trinajstić information content (AvgIpc) is 2.84. The lowest BCUT2D eigenvalue weighted by molar-refractivity contribution is 0.0940. The molecular weight excluding hydrogens is 292 g/mol. The van der Waals surface area contributed by atoms with E-state index in [0.717, 1.165) is 24.1 Å². The standard InChI is InChI=1S/C14H19BrN2O/c1-2-17-9-5-6-11(17)10-16-14(18)12-7-3-4-8-13(12)15/h3-4,7-8,11H,2,5-6,9-10H2,1H3,(H,16,18). The number of carbonyl (C=O) groups excluding carboxylic acids is 1. The third kappa shape index (κ3) is 3.12. The van der Waals surface area contributed by atoms with Crippen LogP contribution in [-0.4, -0.2) is 36.5 Å². The second kappa shape index (κ2) is 6.34. The van der Waals surface area contributed by atoms with Gasteiger partial charge in [0.05, 0.1) is 5.56 Å². The smallest absolute Gasteiger partial charge is 0.252 e. The summed E-state index contributed by atoms with van der Waals surface area (Å²) in [7, 11) is 0. The van der Waals surface area contributed by atoms with Gasteiger partial charge in [-0.25, -0.2) is 0 Å². The molecule has 1 amide bonds. The molecule has 1 aliphatic rings. The SMILES string of the molecule is CCN1CCCC1CNC(=O)c1ccccc1Br. The Morgan fingerprint density at radius 2 is 2.28 bits per heavy atom. The first-order chi connectivity index (χ1) is 8.72. The predicted octanol–water partition coefficient (Wildman–Crippen LogP) is 2.66. The molecule has 0 aromatic heterocycles.